The first-order valence-electron chi connectivity index (χ1n) is 3.91. The Hall–Kier alpha value is -1.23. The van der Waals surface area contributed by atoms with Gasteiger partial charge in [-0.15, -0.1) is 3.89 Å². The number of carbonyl (C=O) groups is 1. The Bertz CT molecular complexity index is 434. The predicted molar refractivity (Wildman–Crippen MR) is 50.4 cm³/mol. The van der Waals surface area contributed by atoms with Crippen LogP contribution in [-0.4, -0.2) is 20.0 Å². The van der Waals surface area contributed by atoms with Gasteiger partial charge in [0.1, 0.15) is 5.75 Å². The van der Waals surface area contributed by atoms with Crippen LogP contribution in [0.15, 0.2) is 24.3 Å². The van der Waals surface area contributed by atoms with Gasteiger partial charge in [0, 0.05) is 5.56 Å². The van der Waals surface area contributed by atoms with Gasteiger partial charge in [0.25, 0.3) is 0 Å². The number of hydrogen-bond acceptors (Lipinski definition) is 3. The van der Waals surface area contributed by atoms with Gasteiger partial charge in [-0.3, -0.25) is 4.79 Å². The minimum absolute atomic E-state index is 0.205. The number of rotatable bonds is 3. The second kappa shape index (κ2) is 3.88. The van der Waals surface area contributed by atoms with Crippen LogP contribution in [0.1, 0.15) is 15.9 Å². The fourth-order valence-corrected chi connectivity index (χ4v) is 1.46. The highest BCUT2D eigenvalue weighted by Crippen LogP contribution is 2.06. The van der Waals surface area contributed by atoms with Crippen LogP contribution in [0, 0.1) is 6.92 Å². The minimum atomic E-state index is -4.73. The van der Waals surface area contributed by atoms with Crippen molar-refractivity contribution in [2.45, 2.75) is 6.92 Å². The molecule has 76 valence electrons. The summed E-state index contributed by atoms with van der Waals surface area (Å²) in [5.41, 5.74) is 1.15. The molecule has 0 aliphatic rings. The van der Waals surface area contributed by atoms with Crippen molar-refractivity contribution in [2.75, 3.05) is 5.75 Å². The van der Waals surface area contributed by atoms with Crippen LogP contribution in [0.25, 0.3) is 0 Å². The van der Waals surface area contributed by atoms with E-state index in [1.165, 1.54) is 12.1 Å². The van der Waals surface area contributed by atoms with E-state index < -0.39 is 21.8 Å². The average Bonchev–Trinajstić information content (AvgIpc) is 2.02. The summed E-state index contributed by atoms with van der Waals surface area (Å²) in [5, 5.41) is 0. The Kier molecular flexibility index (Phi) is 3.00. The molecular formula is C9H9FO3S. The Morgan fingerprint density at radius 1 is 1.29 bits per heavy atom. The molecule has 5 heteroatoms. The lowest BCUT2D eigenvalue weighted by molar-refractivity contribution is 0.102. The second-order valence-electron chi connectivity index (χ2n) is 2.97. The van der Waals surface area contributed by atoms with E-state index in [1.807, 2.05) is 6.92 Å². The summed E-state index contributed by atoms with van der Waals surface area (Å²) in [4.78, 5) is 11.2. The molecule has 0 fully saturated rings. The van der Waals surface area contributed by atoms with Crippen molar-refractivity contribution in [3.63, 3.8) is 0 Å². The third-order valence-corrected chi connectivity index (χ3v) is 2.28. The monoisotopic (exact) mass is 216 g/mol. The van der Waals surface area contributed by atoms with E-state index in [-0.39, 0.29) is 5.56 Å². The quantitative estimate of drug-likeness (QED) is 0.568. The first kappa shape index (κ1) is 10.8. The van der Waals surface area contributed by atoms with Gasteiger partial charge in [-0.2, -0.15) is 8.42 Å². The molecule has 0 heterocycles. The van der Waals surface area contributed by atoms with E-state index in [9.17, 15) is 17.1 Å². The zero-order valence-corrected chi connectivity index (χ0v) is 8.34. The number of Topliss-reactive ketones (excluding diaryl/α,β-unsaturated/α-hetero) is 1. The van der Waals surface area contributed by atoms with Crippen LogP contribution in [0.2, 0.25) is 0 Å². The zero-order chi connectivity index (χ0) is 10.8. The topological polar surface area (TPSA) is 51.2 Å². The molecule has 0 spiro atoms. The van der Waals surface area contributed by atoms with E-state index >= 15 is 0 Å². The van der Waals surface area contributed by atoms with Crippen LogP contribution in [0.4, 0.5) is 3.89 Å². The number of carbonyl (C=O) groups excluding carboxylic acids is 1. The van der Waals surface area contributed by atoms with Crippen LogP contribution in [0.3, 0.4) is 0 Å². The molecule has 0 bridgehead atoms. The molecule has 3 nitrogen and oxygen atoms in total. The number of aryl methyl sites for hydroxylation is 1. The maximum atomic E-state index is 12.2. The van der Waals surface area contributed by atoms with Crippen molar-refractivity contribution in [1.82, 2.24) is 0 Å². The molecule has 0 aliphatic carbocycles. The molecule has 1 rings (SSSR count). The van der Waals surface area contributed by atoms with Gasteiger partial charge < -0.3 is 0 Å². The standard InChI is InChI=1S/C9H9FO3S/c1-7-2-4-8(5-3-7)9(11)6-14(10,12)13/h2-5H,6H2,1H3. The second-order valence-corrected chi connectivity index (χ2v) is 4.34. The molecule has 1 aromatic carbocycles. The van der Waals surface area contributed by atoms with Crippen LogP contribution < -0.4 is 0 Å². The molecule has 0 unspecified atom stereocenters. The number of benzene rings is 1. The van der Waals surface area contributed by atoms with Gasteiger partial charge in [-0.25, -0.2) is 0 Å². The molecule has 0 saturated heterocycles. The third-order valence-electron chi connectivity index (χ3n) is 1.68. The lowest BCUT2D eigenvalue weighted by atomic mass is 10.1. The van der Waals surface area contributed by atoms with Crippen molar-refractivity contribution in [3.05, 3.63) is 35.4 Å². The zero-order valence-electron chi connectivity index (χ0n) is 7.53. The van der Waals surface area contributed by atoms with Gasteiger partial charge in [-0.05, 0) is 6.92 Å². The largest absolute Gasteiger partial charge is 0.309 e. The van der Waals surface area contributed by atoms with Crippen molar-refractivity contribution < 1.29 is 17.1 Å². The summed E-state index contributed by atoms with van der Waals surface area (Å²) in [7, 11) is -4.73. The fourth-order valence-electron chi connectivity index (χ4n) is 0.979. The van der Waals surface area contributed by atoms with Gasteiger partial charge in [0.2, 0.25) is 0 Å². The van der Waals surface area contributed by atoms with Crippen LogP contribution in [0.5, 0.6) is 0 Å². The van der Waals surface area contributed by atoms with Gasteiger partial charge in [-0.1, -0.05) is 29.8 Å². The van der Waals surface area contributed by atoms with E-state index in [4.69, 9.17) is 0 Å². The Labute approximate surface area is 81.8 Å². The van der Waals surface area contributed by atoms with Gasteiger partial charge in [0.05, 0.1) is 0 Å². The van der Waals surface area contributed by atoms with E-state index in [1.54, 1.807) is 12.1 Å². The first-order valence-corrected chi connectivity index (χ1v) is 5.46. The SMILES string of the molecule is Cc1ccc(C(=O)CS(=O)(=O)F)cc1. The molecule has 0 amide bonds. The summed E-state index contributed by atoms with van der Waals surface area (Å²) < 4.78 is 32.5. The third kappa shape index (κ3) is 3.26. The highest BCUT2D eigenvalue weighted by Gasteiger charge is 2.15. The molecule has 1 aromatic rings. The molecule has 0 aliphatic heterocycles. The van der Waals surface area contributed by atoms with E-state index in [2.05, 4.69) is 0 Å². The maximum Gasteiger partial charge on any atom is 0.309 e. The summed E-state index contributed by atoms with van der Waals surface area (Å²) in [6, 6.07) is 6.28. The van der Waals surface area contributed by atoms with E-state index in [0.29, 0.717) is 0 Å². The highest BCUT2D eigenvalue weighted by molar-refractivity contribution is 7.87. The average molecular weight is 216 g/mol. The van der Waals surface area contributed by atoms with Crippen molar-refractivity contribution in [1.29, 1.82) is 0 Å². The molecule has 0 N–H and O–H groups in total. The lowest BCUT2D eigenvalue weighted by Gasteiger charge is -1.98. The molecule has 0 radical (unpaired) electrons. The van der Waals surface area contributed by atoms with Gasteiger partial charge >= 0.3 is 10.2 Å². The van der Waals surface area contributed by atoms with E-state index in [0.717, 1.165) is 5.56 Å². The predicted octanol–water partition coefficient (Wildman–Crippen LogP) is 1.48. The number of hydrogen-bond donors (Lipinski definition) is 0. The van der Waals surface area contributed by atoms with Gasteiger partial charge in [0.15, 0.2) is 5.78 Å². The normalized spacial score (nSPS) is 11.3. The Balaban J connectivity index is 2.86. The summed E-state index contributed by atoms with van der Waals surface area (Å²) in [5.74, 6) is -1.82. The fraction of sp³-hybridized carbons (Fsp3) is 0.222. The minimum Gasteiger partial charge on any atom is -0.293 e. The first-order chi connectivity index (χ1) is 6.38. The highest BCUT2D eigenvalue weighted by atomic mass is 32.3. The number of ketones is 1. The van der Waals surface area contributed by atoms with Crippen LogP contribution in [-0.2, 0) is 10.2 Å². The van der Waals surface area contributed by atoms with Crippen molar-refractivity contribution >= 4 is 16.0 Å². The summed E-state index contributed by atoms with van der Waals surface area (Å²) in [6.45, 7) is 1.83. The molecular weight excluding hydrogens is 207 g/mol. The Morgan fingerprint density at radius 2 is 1.79 bits per heavy atom. The molecule has 0 atom stereocenters. The maximum absolute atomic E-state index is 12.2. The summed E-state index contributed by atoms with van der Waals surface area (Å²) in [6.07, 6.45) is 0. The van der Waals surface area contributed by atoms with Crippen molar-refractivity contribution in [2.24, 2.45) is 0 Å². The van der Waals surface area contributed by atoms with Crippen molar-refractivity contribution in [3.8, 4) is 0 Å². The molecule has 0 saturated carbocycles. The summed E-state index contributed by atoms with van der Waals surface area (Å²) >= 11 is 0. The Morgan fingerprint density at radius 3 is 2.21 bits per heavy atom. The number of halogens is 1. The lowest BCUT2D eigenvalue weighted by Crippen LogP contribution is -2.11. The molecule has 0 aromatic heterocycles. The van der Waals surface area contributed by atoms with Crippen LogP contribution >= 0.6 is 0 Å². The smallest absolute Gasteiger partial charge is 0.293 e. The molecule has 14 heavy (non-hydrogen) atoms.